The Morgan fingerprint density at radius 1 is 0.985 bits per heavy atom. The highest BCUT2D eigenvalue weighted by atomic mass is 35.5. The molecule has 4 N–H and O–H groups in total. The van der Waals surface area contributed by atoms with E-state index in [4.69, 9.17) is 31.9 Å². The predicted molar refractivity (Wildman–Crippen MR) is 246 cm³/mol. The largest absolute Gasteiger partial charge is 0.495 e. The number of nitrogens with one attached hydrogen (secondary N) is 2. The van der Waals surface area contributed by atoms with Gasteiger partial charge in [-0.15, -0.1) is 0 Å². The SMILES string of the molecule is C=C(CN(C(=O)NCc1ccc2c(c1)CN(C1CCC(=O)NC1=O)C2=O)c1ccc(OC)c(Cl)c1)C(=O)N1CCC[C@@H](n2nc(-c3ccc(Oc4ccccc4)cc3)c3c(N)ncnc32)C1. The number of piperidine rings is 2. The van der Waals surface area contributed by atoms with E-state index >= 15 is 0 Å². The van der Waals surface area contributed by atoms with Crippen molar-refractivity contribution >= 4 is 63.8 Å². The Labute approximate surface area is 384 Å². The van der Waals surface area contributed by atoms with Crippen molar-refractivity contribution in [1.82, 2.24) is 40.2 Å². The molecule has 6 aromatic rings. The van der Waals surface area contributed by atoms with Gasteiger partial charge in [0.15, 0.2) is 5.65 Å². The van der Waals surface area contributed by atoms with Gasteiger partial charge in [0, 0.05) is 55.0 Å². The zero-order valence-electron chi connectivity index (χ0n) is 35.9. The second kappa shape index (κ2) is 18.4. The molecule has 18 heteroatoms. The number of fused-ring (bicyclic) bond motifs is 2. The lowest BCUT2D eigenvalue weighted by Gasteiger charge is -2.34. The maximum Gasteiger partial charge on any atom is 0.322 e. The molecule has 0 spiro atoms. The van der Waals surface area contributed by atoms with Crippen molar-refractivity contribution in [3.05, 3.63) is 131 Å². The van der Waals surface area contributed by atoms with Crippen molar-refractivity contribution in [2.75, 3.05) is 37.4 Å². The van der Waals surface area contributed by atoms with Crippen molar-refractivity contribution in [3.63, 3.8) is 0 Å². The number of ether oxygens (including phenoxy) is 2. The number of halogens is 1. The number of methoxy groups -OCH3 is 1. The quantitative estimate of drug-likeness (QED) is 0.0901. The number of anilines is 2. The Bertz CT molecular complexity index is 2910. The summed E-state index contributed by atoms with van der Waals surface area (Å²) >= 11 is 6.54. The number of nitrogen functional groups attached to an aromatic ring is 1. The van der Waals surface area contributed by atoms with Crippen LogP contribution in [-0.2, 0) is 27.5 Å². The fraction of sp³-hybridized carbons (Fsp3) is 0.250. The lowest BCUT2D eigenvalue weighted by Crippen LogP contribution is -2.52. The van der Waals surface area contributed by atoms with Gasteiger partial charge in [-0.3, -0.25) is 29.4 Å². The van der Waals surface area contributed by atoms with E-state index < -0.39 is 18.0 Å². The van der Waals surface area contributed by atoms with Crippen LogP contribution in [0.1, 0.15) is 53.2 Å². The van der Waals surface area contributed by atoms with E-state index in [2.05, 4.69) is 27.2 Å². The number of hydrogen-bond donors (Lipinski definition) is 3. The highest BCUT2D eigenvalue weighted by Crippen LogP contribution is 2.36. The molecule has 0 aliphatic carbocycles. The number of urea groups is 1. The van der Waals surface area contributed by atoms with E-state index in [9.17, 15) is 24.0 Å². The van der Waals surface area contributed by atoms with Gasteiger partial charge in [-0.05, 0) is 91.1 Å². The number of hydrogen-bond acceptors (Lipinski definition) is 11. The Balaban J connectivity index is 0.901. The van der Waals surface area contributed by atoms with Crippen LogP contribution in [0.5, 0.6) is 17.2 Å². The van der Waals surface area contributed by atoms with Crippen molar-refractivity contribution in [1.29, 1.82) is 0 Å². The van der Waals surface area contributed by atoms with Crippen LogP contribution >= 0.6 is 11.6 Å². The number of nitrogens with zero attached hydrogens (tertiary/aromatic N) is 7. The zero-order valence-corrected chi connectivity index (χ0v) is 36.7. The fourth-order valence-corrected chi connectivity index (χ4v) is 8.94. The highest BCUT2D eigenvalue weighted by Gasteiger charge is 2.39. The van der Waals surface area contributed by atoms with Crippen molar-refractivity contribution in [3.8, 4) is 28.5 Å². The topological polar surface area (TPSA) is 207 Å². The first-order valence-corrected chi connectivity index (χ1v) is 21.8. The van der Waals surface area contributed by atoms with Gasteiger partial charge in [-0.2, -0.15) is 5.10 Å². The molecular formula is C48H45ClN10O7. The van der Waals surface area contributed by atoms with Crippen molar-refractivity contribution in [2.24, 2.45) is 0 Å². The van der Waals surface area contributed by atoms with Gasteiger partial charge in [-0.25, -0.2) is 19.4 Å². The van der Waals surface area contributed by atoms with E-state index in [0.717, 1.165) is 5.56 Å². The number of rotatable bonds is 12. The number of carbonyl (C=O) groups is 5. The summed E-state index contributed by atoms with van der Waals surface area (Å²) in [7, 11) is 1.49. The first kappa shape index (κ1) is 43.5. The number of amides is 6. The number of carbonyl (C=O) groups excluding carboxylic acids is 5. The number of imide groups is 1. The lowest BCUT2D eigenvalue weighted by molar-refractivity contribution is -0.137. The van der Waals surface area contributed by atoms with Gasteiger partial charge in [-0.1, -0.05) is 48.5 Å². The van der Waals surface area contributed by atoms with Crippen molar-refractivity contribution in [2.45, 2.75) is 50.9 Å². The molecular weight excluding hydrogens is 864 g/mol. The molecule has 2 fully saturated rings. The van der Waals surface area contributed by atoms with Crippen LogP contribution in [0, 0.1) is 0 Å². The molecule has 0 radical (unpaired) electrons. The average Bonchev–Trinajstić information content (AvgIpc) is 3.88. The second-order valence-electron chi connectivity index (χ2n) is 16.3. The third-order valence-electron chi connectivity index (χ3n) is 12.0. The monoisotopic (exact) mass is 908 g/mol. The molecule has 2 atom stereocenters. The third-order valence-corrected chi connectivity index (χ3v) is 12.3. The number of nitrogens with two attached hydrogens (primary N) is 1. The van der Waals surface area contributed by atoms with Gasteiger partial charge in [0.05, 0.1) is 30.1 Å². The number of benzene rings is 4. The molecule has 0 bridgehead atoms. The van der Waals surface area contributed by atoms with Crippen LogP contribution in [0.3, 0.4) is 0 Å². The highest BCUT2D eigenvalue weighted by molar-refractivity contribution is 6.32. The predicted octanol–water partition coefficient (Wildman–Crippen LogP) is 6.43. The summed E-state index contributed by atoms with van der Waals surface area (Å²) in [5.41, 5.74) is 10.8. The summed E-state index contributed by atoms with van der Waals surface area (Å²) < 4.78 is 13.2. The zero-order chi connectivity index (χ0) is 46.1. The Hall–Kier alpha value is -7.79. The molecule has 66 heavy (non-hydrogen) atoms. The van der Waals surface area contributed by atoms with E-state index in [1.54, 1.807) is 35.2 Å². The van der Waals surface area contributed by atoms with Crippen LogP contribution in [0.15, 0.2) is 109 Å². The summed E-state index contributed by atoms with van der Waals surface area (Å²) in [5, 5.41) is 11.2. The molecule has 9 rings (SSSR count). The molecule has 336 valence electrons. The number of aromatic nitrogens is 4. The Morgan fingerprint density at radius 2 is 1.77 bits per heavy atom. The molecule has 5 heterocycles. The normalized spacial score (nSPS) is 17.0. The summed E-state index contributed by atoms with van der Waals surface area (Å²) in [6.07, 6.45) is 3.19. The maximum absolute atomic E-state index is 14.3. The smallest absolute Gasteiger partial charge is 0.322 e. The Morgan fingerprint density at radius 3 is 2.53 bits per heavy atom. The molecule has 3 aliphatic rings. The molecule has 6 amide bonds. The van der Waals surface area contributed by atoms with Gasteiger partial charge in [0.25, 0.3) is 11.8 Å². The van der Waals surface area contributed by atoms with E-state index in [1.807, 2.05) is 65.3 Å². The summed E-state index contributed by atoms with van der Waals surface area (Å²) in [6, 6.07) is 25.6. The van der Waals surface area contributed by atoms with Crippen LogP contribution in [0.25, 0.3) is 22.3 Å². The van der Waals surface area contributed by atoms with E-state index in [-0.39, 0.29) is 72.7 Å². The molecule has 1 unspecified atom stereocenters. The van der Waals surface area contributed by atoms with E-state index in [0.29, 0.717) is 82.3 Å². The Kier molecular flexibility index (Phi) is 12.1. The first-order chi connectivity index (χ1) is 31.9. The van der Waals surface area contributed by atoms with E-state index in [1.165, 1.54) is 23.2 Å². The number of likely N-dealkylation sites (tertiary alicyclic amines) is 1. The van der Waals surface area contributed by atoms with Crippen LogP contribution in [0.4, 0.5) is 16.3 Å². The minimum atomic E-state index is -0.745. The second-order valence-corrected chi connectivity index (χ2v) is 16.7. The molecule has 2 aromatic heterocycles. The maximum atomic E-state index is 14.3. The third kappa shape index (κ3) is 8.72. The average molecular weight is 909 g/mol. The fourth-order valence-electron chi connectivity index (χ4n) is 8.69. The summed E-state index contributed by atoms with van der Waals surface area (Å²) in [5.74, 6) is 0.584. The van der Waals surface area contributed by atoms with Gasteiger partial charge < -0.3 is 30.3 Å². The van der Waals surface area contributed by atoms with Gasteiger partial charge in [0.2, 0.25) is 11.8 Å². The summed E-state index contributed by atoms with van der Waals surface area (Å²) in [6.45, 7) is 5.02. The first-order valence-electron chi connectivity index (χ1n) is 21.4. The molecule has 0 saturated carbocycles. The number of para-hydroxylation sites is 1. The van der Waals surface area contributed by atoms with Gasteiger partial charge in [0.1, 0.15) is 41.1 Å². The summed E-state index contributed by atoms with van der Waals surface area (Å²) in [4.78, 5) is 79.4. The van der Waals surface area contributed by atoms with Gasteiger partial charge >= 0.3 is 6.03 Å². The molecule has 17 nitrogen and oxygen atoms in total. The standard InChI is InChI=1S/C48H45ClN10O7/c1-28(46(62)56-20-6-7-33(26-56)59-44-41(43(50)52-27-53-44)42(55-59)30-11-14-35(15-12-30)66-34-8-4-3-5-9-34)24-57(32-13-18-39(65-2)37(49)22-32)48(64)51-23-29-10-16-36-31(21-29)25-58(47(36)63)38-17-19-40(60)54-45(38)61/h3-5,8-16,18,21-22,27,33,38H,1,6-7,17,19-20,23-26H2,2H3,(H,51,64)(H2,50,52,53)(H,54,60,61)/t33-,38?/m1/s1. The minimum Gasteiger partial charge on any atom is -0.495 e. The molecule has 4 aromatic carbocycles. The van der Waals surface area contributed by atoms with Crippen molar-refractivity contribution < 1.29 is 33.4 Å². The van der Waals surface area contributed by atoms with Crippen LogP contribution in [-0.4, -0.2) is 92.0 Å². The lowest BCUT2D eigenvalue weighted by atomic mass is 10.0. The molecule has 3 aliphatic heterocycles. The van der Waals surface area contributed by atoms with Crippen LogP contribution in [0.2, 0.25) is 5.02 Å². The van der Waals surface area contributed by atoms with Crippen LogP contribution < -0.4 is 30.7 Å². The minimum absolute atomic E-state index is 0.0762. The molecule has 2 saturated heterocycles.